The summed E-state index contributed by atoms with van der Waals surface area (Å²) in [7, 11) is -4.74. The zero-order chi connectivity index (χ0) is 41.4. The molecule has 0 aliphatic heterocycles. The molecule has 320 valence electrons. The third-order valence-corrected chi connectivity index (χ3v) is 9.39. The molecule has 0 aromatic rings. The lowest BCUT2D eigenvalue weighted by molar-refractivity contribution is -0.161. The fourth-order valence-corrected chi connectivity index (χ4v) is 5.88. The highest BCUT2D eigenvalue weighted by Gasteiger charge is 2.28. The smallest absolute Gasteiger partial charge is 0.472 e. The van der Waals surface area contributed by atoms with Gasteiger partial charge in [0.15, 0.2) is 6.10 Å². The van der Waals surface area contributed by atoms with Crippen molar-refractivity contribution in [3.63, 3.8) is 0 Å². The van der Waals surface area contributed by atoms with Gasteiger partial charge in [0.05, 0.1) is 13.2 Å². The highest BCUT2D eigenvalue weighted by molar-refractivity contribution is 7.47. The number of esters is 2. The maximum absolute atomic E-state index is 12.6. The number of phosphoric acid groups is 1. The van der Waals surface area contributed by atoms with Gasteiger partial charge in [-0.2, -0.15) is 0 Å². The Morgan fingerprint density at radius 2 is 0.982 bits per heavy atom. The van der Waals surface area contributed by atoms with Gasteiger partial charge in [0.25, 0.3) is 0 Å². The predicted octanol–water partition coefficient (Wildman–Crippen LogP) is 10.9. The summed E-state index contributed by atoms with van der Waals surface area (Å²) in [6.07, 6.45) is 45.5. The molecule has 0 amide bonds. The van der Waals surface area contributed by atoms with Crippen LogP contribution in [0, 0.1) is 0 Å². The Labute approximate surface area is 338 Å². The summed E-state index contributed by atoms with van der Waals surface area (Å²) >= 11 is 0. The Bertz CT molecular complexity index is 1230. The molecule has 0 aliphatic carbocycles. The molecule has 11 nitrogen and oxygen atoms in total. The van der Waals surface area contributed by atoms with Crippen molar-refractivity contribution in [2.24, 2.45) is 5.73 Å². The number of hydrogen-bond acceptors (Lipinski definition) is 9. The number of unbranched alkanes of at least 4 members (excludes halogenated alkanes) is 12. The number of aliphatic carboxylic acids is 1. The molecule has 3 atom stereocenters. The minimum absolute atomic E-state index is 0.0328. The van der Waals surface area contributed by atoms with Crippen LogP contribution in [0.4, 0.5) is 0 Å². The second-order valence-corrected chi connectivity index (χ2v) is 15.2. The first-order valence-corrected chi connectivity index (χ1v) is 22.5. The van der Waals surface area contributed by atoms with Crippen LogP contribution < -0.4 is 5.73 Å². The highest BCUT2D eigenvalue weighted by atomic mass is 31.2. The number of carboxylic acids is 1. The summed E-state index contributed by atoms with van der Waals surface area (Å²) in [6.45, 7) is 2.65. The quantitative estimate of drug-likeness (QED) is 0.0235. The molecular formula is C44H74NO10P. The molecule has 0 radical (unpaired) electrons. The topological polar surface area (TPSA) is 172 Å². The molecule has 0 rings (SSSR count). The summed E-state index contributed by atoms with van der Waals surface area (Å²) in [4.78, 5) is 45.8. The second kappa shape index (κ2) is 38.8. The number of carbonyl (C=O) groups excluding carboxylic acids is 2. The van der Waals surface area contributed by atoms with E-state index in [9.17, 15) is 23.8 Å². The van der Waals surface area contributed by atoms with Crippen LogP contribution >= 0.6 is 7.82 Å². The van der Waals surface area contributed by atoms with E-state index in [2.05, 4.69) is 73.1 Å². The monoisotopic (exact) mass is 808 g/mol. The second-order valence-electron chi connectivity index (χ2n) is 13.8. The third kappa shape index (κ3) is 37.8. The Kier molecular flexibility index (Phi) is 36.6. The lowest BCUT2D eigenvalue weighted by atomic mass is 10.1. The van der Waals surface area contributed by atoms with Crippen LogP contribution in [-0.2, 0) is 37.5 Å². The molecular weight excluding hydrogens is 733 g/mol. The lowest BCUT2D eigenvalue weighted by Crippen LogP contribution is -2.34. The summed E-state index contributed by atoms with van der Waals surface area (Å²) in [5, 5.41) is 8.88. The molecule has 0 aromatic carbocycles. The molecule has 0 heterocycles. The van der Waals surface area contributed by atoms with Gasteiger partial charge in [0.1, 0.15) is 12.6 Å². The number of nitrogens with two attached hydrogens (primary N) is 1. The normalized spacial score (nSPS) is 14.5. The molecule has 56 heavy (non-hydrogen) atoms. The van der Waals surface area contributed by atoms with Crippen LogP contribution in [0.15, 0.2) is 72.9 Å². The molecule has 0 aromatic heterocycles. The van der Waals surface area contributed by atoms with Crippen LogP contribution in [0.2, 0.25) is 0 Å². The summed E-state index contributed by atoms with van der Waals surface area (Å²) in [6, 6.07) is -1.54. The average Bonchev–Trinajstić information content (AvgIpc) is 3.17. The number of allylic oxidation sites excluding steroid dienone is 12. The maximum atomic E-state index is 12.6. The number of carbonyl (C=O) groups is 3. The number of carboxylic acid groups (broad SMARTS) is 1. The van der Waals surface area contributed by atoms with E-state index in [1.165, 1.54) is 44.9 Å². The van der Waals surface area contributed by atoms with Gasteiger partial charge in [-0.15, -0.1) is 0 Å². The van der Waals surface area contributed by atoms with Crippen molar-refractivity contribution >= 4 is 25.7 Å². The molecule has 0 spiro atoms. The maximum Gasteiger partial charge on any atom is 0.472 e. The van der Waals surface area contributed by atoms with E-state index in [1.54, 1.807) is 0 Å². The third-order valence-electron chi connectivity index (χ3n) is 8.44. The molecule has 0 saturated heterocycles. The summed E-state index contributed by atoms with van der Waals surface area (Å²) in [5.41, 5.74) is 5.32. The Balaban J connectivity index is 4.55. The van der Waals surface area contributed by atoms with E-state index in [-0.39, 0.29) is 19.4 Å². The molecule has 1 unspecified atom stereocenters. The van der Waals surface area contributed by atoms with Crippen LogP contribution in [0.5, 0.6) is 0 Å². The van der Waals surface area contributed by atoms with Crippen molar-refractivity contribution in [1.82, 2.24) is 0 Å². The van der Waals surface area contributed by atoms with Gasteiger partial charge >= 0.3 is 25.7 Å². The molecule has 0 bridgehead atoms. The lowest BCUT2D eigenvalue weighted by Gasteiger charge is -2.20. The fraction of sp³-hybridized carbons (Fsp3) is 0.659. The van der Waals surface area contributed by atoms with Crippen molar-refractivity contribution < 1.29 is 47.5 Å². The molecule has 12 heteroatoms. The van der Waals surface area contributed by atoms with Crippen molar-refractivity contribution in [3.8, 4) is 0 Å². The number of hydrogen-bond donors (Lipinski definition) is 3. The van der Waals surface area contributed by atoms with E-state index in [1.807, 2.05) is 18.2 Å². The highest BCUT2D eigenvalue weighted by Crippen LogP contribution is 2.43. The Morgan fingerprint density at radius 1 is 0.554 bits per heavy atom. The summed E-state index contributed by atoms with van der Waals surface area (Å²) in [5.74, 6) is -2.50. The number of rotatable bonds is 38. The van der Waals surface area contributed by atoms with Crippen LogP contribution in [0.3, 0.4) is 0 Å². The number of phosphoric ester groups is 1. The van der Waals surface area contributed by atoms with Crippen molar-refractivity contribution in [2.45, 2.75) is 167 Å². The summed E-state index contributed by atoms with van der Waals surface area (Å²) < 4.78 is 32.5. The van der Waals surface area contributed by atoms with Crippen LogP contribution in [-0.4, -0.2) is 59.9 Å². The van der Waals surface area contributed by atoms with E-state index in [0.29, 0.717) is 19.3 Å². The van der Waals surface area contributed by atoms with E-state index < -0.39 is 51.1 Å². The van der Waals surface area contributed by atoms with Crippen LogP contribution in [0.25, 0.3) is 0 Å². The minimum Gasteiger partial charge on any atom is -0.480 e. The molecule has 0 saturated carbocycles. The van der Waals surface area contributed by atoms with Crippen LogP contribution in [0.1, 0.15) is 155 Å². The van der Waals surface area contributed by atoms with Gasteiger partial charge in [-0.1, -0.05) is 138 Å². The van der Waals surface area contributed by atoms with Crippen molar-refractivity contribution in [1.29, 1.82) is 0 Å². The van der Waals surface area contributed by atoms with Gasteiger partial charge in [-0.05, 0) is 77.0 Å². The molecule has 0 fully saturated rings. The first-order valence-electron chi connectivity index (χ1n) is 21.0. The van der Waals surface area contributed by atoms with Crippen molar-refractivity contribution in [3.05, 3.63) is 72.9 Å². The first kappa shape index (κ1) is 52.9. The SMILES string of the molecule is CCCCC/C=C/C/C=C/C/C=C/C/C=C/C/C=C/CCC(=O)O[C@@H](COC(=O)CCCCCCC/C=C/CCCCCC)COP(=O)(O)OC[C@H](N)C(=O)O. The first-order chi connectivity index (χ1) is 27.1. The van der Waals surface area contributed by atoms with Gasteiger partial charge in [0, 0.05) is 12.8 Å². The zero-order valence-electron chi connectivity index (χ0n) is 34.4. The molecule has 4 N–H and O–H groups in total. The zero-order valence-corrected chi connectivity index (χ0v) is 35.3. The Hall–Kier alpha value is -3.08. The Morgan fingerprint density at radius 3 is 1.54 bits per heavy atom. The van der Waals surface area contributed by atoms with E-state index in [0.717, 1.165) is 64.2 Å². The fourth-order valence-electron chi connectivity index (χ4n) is 5.10. The van der Waals surface area contributed by atoms with Gasteiger partial charge in [-0.25, -0.2) is 4.57 Å². The minimum atomic E-state index is -4.74. The van der Waals surface area contributed by atoms with E-state index >= 15 is 0 Å². The molecule has 0 aliphatic rings. The number of ether oxygens (including phenoxy) is 2. The standard InChI is InChI=1S/C44H74NO10P/c1-3-5-7-9-11-13-15-17-18-19-20-21-22-24-26-28-30-32-34-36-43(47)55-40(38-53-56(50,51)54-39-41(45)44(48)49)37-52-42(46)35-33-31-29-27-25-23-16-14-12-10-8-6-4-2/h11,13-14,16-18,20-21,24,26,30,32,40-41H,3-10,12,15,19,22-23,25,27-29,31,33-39,45H2,1-2H3,(H,48,49)(H,50,51)/b13-11+,16-14+,18-17+,21-20+,26-24+,32-30+/t40-,41-/m0/s1. The van der Waals surface area contributed by atoms with Crippen molar-refractivity contribution in [2.75, 3.05) is 19.8 Å². The van der Waals surface area contributed by atoms with E-state index in [4.69, 9.17) is 24.8 Å². The van der Waals surface area contributed by atoms with Gasteiger partial charge in [-0.3, -0.25) is 23.4 Å². The average molecular weight is 808 g/mol. The largest absolute Gasteiger partial charge is 0.480 e. The van der Waals surface area contributed by atoms with Gasteiger partial charge in [0.2, 0.25) is 0 Å². The van der Waals surface area contributed by atoms with Gasteiger partial charge < -0.3 is 25.2 Å². The predicted molar refractivity (Wildman–Crippen MR) is 226 cm³/mol.